The SMILES string of the molecule is O=C(O)Oc1c2c(nc3ccc(F)cc13)-c1cc3sc4ccccc4c3cc1CC2. The second kappa shape index (κ2) is 6.24. The number of halogens is 1. The molecule has 1 aliphatic rings. The Bertz CT molecular complexity index is 1520. The van der Waals surface area contributed by atoms with Crippen LogP contribution in [0.1, 0.15) is 11.1 Å². The van der Waals surface area contributed by atoms with E-state index in [-0.39, 0.29) is 5.75 Å². The van der Waals surface area contributed by atoms with Crippen molar-refractivity contribution in [1.29, 1.82) is 0 Å². The zero-order valence-electron chi connectivity index (χ0n) is 15.6. The minimum absolute atomic E-state index is 0.184. The highest BCUT2D eigenvalue weighted by molar-refractivity contribution is 7.25. The molecule has 1 N–H and O–H groups in total. The second-order valence-corrected chi connectivity index (χ2v) is 8.49. The van der Waals surface area contributed by atoms with Gasteiger partial charge in [0.25, 0.3) is 0 Å². The lowest BCUT2D eigenvalue weighted by molar-refractivity contribution is 0.144. The van der Waals surface area contributed by atoms with Crippen molar-refractivity contribution in [2.24, 2.45) is 0 Å². The number of benzene rings is 3. The summed E-state index contributed by atoms with van der Waals surface area (Å²) in [6, 6.07) is 16.9. The summed E-state index contributed by atoms with van der Waals surface area (Å²) in [5, 5.41) is 12.1. The number of fused-ring (bicyclic) bond motifs is 7. The Morgan fingerprint density at radius 1 is 1.00 bits per heavy atom. The van der Waals surface area contributed by atoms with E-state index in [1.165, 1.54) is 33.2 Å². The zero-order valence-corrected chi connectivity index (χ0v) is 16.4. The number of carbonyl (C=O) groups is 1. The Labute approximate surface area is 174 Å². The quantitative estimate of drug-likeness (QED) is 0.315. The molecule has 6 rings (SSSR count). The van der Waals surface area contributed by atoms with Crippen LogP contribution in [0.4, 0.5) is 9.18 Å². The van der Waals surface area contributed by atoms with Crippen molar-refractivity contribution in [2.45, 2.75) is 12.8 Å². The summed E-state index contributed by atoms with van der Waals surface area (Å²) in [4.78, 5) is 16.2. The van der Waals surface area contributed by atoms with Gasteiger partial charge in [-0.25, -0.2) is 14.2 Å². The average molecular weight is 415 g/mol. The van der Waals surface area contributed by atoms with Gasteiger partial charge in [0.2, 0.25) is 0 Å². The molecule has 0 bridgehead atoms. The predicted octanol–water partition coefficient (Wildman–Crippen LogP) is 6.56. The molecule has 0 aliphatic heterocycles. The van der Waals surface area contributed by atoms with Crippen LogP contribution in [0.3, 0.4) is 0 Å². The number of rotatable bonds is 1. The molecule has 4 nitrogen and oxygen atoms in total. The van der Waals surface area contributed by atoms with E-state index in [0.29, 0.717) is 28.6 Å². The Hall–Kier alpha value is -3.51. The van der Waals surface area contributed by atoms with Crippen molar-refractivity contribution < 1.29 is 19.0 Å². The molecule has 0 amide bonds. The molecule has 0 fully saturated rings. The first-order valence-electron chi connectivity index (χ1n) is 9.56. The van der Waals surface area contributed by atoms with Crippen LogP contribution < -0.4 is 4.74 Å². The highest BCUT2D eigenvalue weighted by Crippen LogP contribution is 2.44. The average Bonchev–Trinajstić information content (AvgIpc) is 3.09. The summed E-state index contributed by atoms with van der Waals surface area (Å²) in [6.07, 6.45) is -0.0986. The van der Waals surface area contributed by atoms with Crippen molar-refractivity contribution in [3.8, 4) is 17.0 Å². The molecule has 2 heterocycles. The molecular formula is C24H14FNO3S. The third-order valence-corrected chi connectivity index (χ3v) is 6.82. The standard InChI is InChI=1S/C24H14FNO3S/c25-13-6-8-19-18(10-13)23(29-24(27)28)15-7-5-12-9-17-14-3-1-2-4-20(14)30-21(17)11-16(12)22(15)26-19/h1-4,6,8-11H,5,7H2,(H,27,28). The van der Waals surface area contributed by atoms with E-state index < -0.39 is 12.0 Å². The van der Waals surface area contributed by atoms with Gasteiger partial charge in [0.1, 0.15) is 11.6 Å². The van der Waals surface area contributed by atoms with E-state index >= 15 is 0 Å². The molecule has 0 radical (unpaired) electrons. The van der Waals surface area contributed by atoms with E-state index in [1.54, 1.807) is 17.4 Å². The number of thiophene rings is 1. The molecule has 0 saturated carbocycles. The van der Waals surface area contributed by atoms with Gasteiger partial charge in [-0.05, 0) is 54.8 Å². The fourth-order valence-corrected chi connectivity index (χ4v) is 5.53. The van der Waals surface area contributed by atoms with E-state index in [9.17, 15) is 14.3 Å². The summed E-state index contributed by atoms with van der Waals surface area (Å²) >= 11 is 1.73. The molecule has 5 aromatic rings. The number of hydrogen-bond acceptors (Lipinski definition) is 4. The Kier molecular flexibility index (Phi) is 3.61. The maximum Gasteiger partial charge on any atom is 0.511 e. The van der Waals surface area contributed by atoms with Crippen molar-refractivity contribution >= 4 is 48.6 Å². The predicted molar refractivity (Wildman–Crippen MR) is 116 cm³/mol. The van der Waals surface area contributed by atoms with Gasteiger partial charge in [-0.1, -0.05) is 18.2 Å². The topological polar surface area (TPSA) is 59.4 Å². The first kappa shape index (κ1) is 17.4. The number of hydrogen-bond donors (Lipinski definition) is 1. The number of pyridine rings is 1. The highest BCUT2D eigenvalue weighted by atomic mass is 32.1. The van der Waals surface area contributed by atoms with Gasteiger partial charge < -0.3 is 9.84 Å². The van der Waals surface area contributed by atoms with Gasteiger partial charge in [-0.15, -0.1) is 11.3 Å². The van der Waals surface area contributed by atoms with Crippen molar-refractivity contribution in [3.05, 3.63) is 71.5 Å². The number of ether oxygens (including phenoxy) is 1. The molecule has 6 heteroatoms. The molecule has 146 valence electrons. The van der Waals surface area contributed by atoms with E-state index in [0.717, 1.165) is 16.7 Å². The Balaban J connectivity index is 1.67. The fourth-order valence-electron chi connectivity index (χ4n) is 4.41. The summed E-state index contributed by atoms with van der Waals surface area (Å²) in [5.74, 6) is -0.272. The van der Waals surface area contributed by atoms with Crippen LogP contribution in [0.5, 0.6) is 5.75 Å². The number of nitrogens with zero attached hydrogens (tertiary/aromatic N) is 1. The van der Waals surface area contributed by atoms with Crippen LogP contribution >= 0.6 is 11.3 Å². The van der Waals surface area contributed by atoms with Gasteiger partial charge in [-0.3, -0.25) is 0 Å². The van der Waals surface area contributed by atoms with Crippen molar-refractivity contribution in [3.63, 3.8) is 0 Å². The number of aryl methyl sites for hydroxylation is 1. The lowest BCUT2D eigenvalue weighted by atomic mass is 9.86. The van der Waals surface area contributed by atoms with E-state index in [1.807, 2.05) is 12.1 Å². The Morgan fingerprint density at radius 2 is 1.87 bits per heavy atom. The molecule has 0 atom stereocenters. The van der Waals surface area contributed by atoms with Crippen LogP contribution in [0.2, 0.25) is 0 Å². The molecular weight excluding hydrogens is 401 g/mol. The van der Waals surface area contributed by atoms with Gasteiger partial charge in [0, 0.05) is 36.7 Å². The fraction of sp³-hybridized carbons (Fsp3) is 0.0833. The summed E-state index contributed by atoms with van der Waals surface area (Å²) in [7, 11) is 0. The van der Waals surface area contributed by atoms with Crippen molar-refractivity contribution in [1.82, 2.24) is 4.98 Å². The first-order valence-corrected chi connectivity index (χ1v) is 10.4. The van der Waals surface area contributed by atoms with Gasteiger partial charge >= 0.3 is 6.16 Å². The molecule has 0 unspecified atom stereocenters. The third kappa shape index (κ3) is 2.50. The third-order valence-electron chi connectivity index (χ3n) is 5.69. The van der Waals surface area contributed by atoms with Crippen molar-refractivity contribution in [2.75, 3.05) is 0 Å². The summed E-state index contributed by atoms with van der Waals surface area (Å²) < 4.78 is 21.4. The minimum Gasteiger partial charge on any atom is -0.449 e. The summed E-state index contributed by atoms with van der Waals surface area (Å²) in [5.41, 5.74) is 4.09. The van der Waals surface area contributed by atoms with E-state index in [2.05, 4.69) is 24.3 Å². The zero-order chi connectivity index (χ0) is 20.4. The highest BCUT2D eigenvalue weighted by Gasteiger charge is 2.26. The van der Waals surface area contributed by atoms with E-state index in [4.69, 9.17) is 9.72 Å². The lowest BCUT2D eigenvalue weighted by Gasteiger charge is -2.22. The van der Waals surface area contributed by atoms with Crippen LogP contribution in [0.25, 0.3) is 42.3 Å². The molecule has 2 aromatic heterocycles. The molecule has 1 aliphatic carbocycles. The van der Waals surface area contributed by atoms with Gasteiger partial charge in [0.15, 0.2) is 0 Å². The van der Waals surface area contributed by atoms with Gasteiger partial charge in [0.05, 0.1) is 11.2 Å². The normalized spacial score (nSPS) is 12.8. The maximum atomic E-state index is 13.9. The minimum atomic E-state index is -1.42. The van der Waals surface area contributed by atoms with Crippen LogP contribution in [0.15, 0.2) is 54.6 Å². The summed E-state index contributed by atoms with van der Waals surface area (Å²) in [6.45, 7) is 0. The number of aromatic nitrogens is 1. The van der Waals surface area contributed by atoms with Gasteiger partial charge in [-0.2, -0.15) is 0 Å². The molecule has 0 saturated heterocycles. The maximum absolute atomic E-state index is 13.9. The lowest BCUT2D eigenvalue weighted by Crippen LogP contribution is -2.12. The monoisotopic (exact) mass is 415 g/mol. The largest absolute Gasteiger partial charge is 0.511 e. The smallest absolute Gasteiger partial charge is 0.449 e. The number of carboxylic acid groups (broad SMARTS) is 1. The molecule has 3 aromatic carbocycles. The van der Waals surface area contributed by atoms with Crippen LogP contribution in [-0.4, -0.2) is 16.2 Å². The second-order valence-electron chi connectivity index (χ2n) is 7.40. The first-order chi connectivity index (χ1) is 14.6. The molecule has 30 heavy (non-hydrogen) atoms. The van der Waals surface area contributed by atoms with Crippen LogP contribution in [0, 0.1) is 5.82 Å². The Morgan fingerprint density at radius 3 is 2.73 bits per heavy atom. The molecule has 0 spiro atoms. The van der Waals surface area contributed by atoms with Crippen LogP contribution in [-0.2, 0) is 12.8 Å².